The summed E-state index contributed by atoms with van der Waals surface area (Å²) < 4.78 is 0. The van der Waals surface area contributed by atoms with Crippen molar-refractivity contribution in [2.24, 2.45) is 0 Å². The van der Waals surface area contributed by atoms with E-state index in [4.69, 9.17) is 11.6 Å². The van der Waals surface area contributed by atoms with Gasteiger partial charge in [0.05, 0.1) is 4.91 Å². The Kier molecular flexibility index (Phi) is 5.48. The van der Waals surface area contributed by atoms with Crippen LogP contribution in [-0.4, -0.2) is 5.78 Å². The van der Waals surface area contributed by atoms with Crippen molar-refractivity contribution in [2.45, 2.75) is 18.7 Å². The molecular formula is C17H16ClNOS. The molecule has 2 aromatic rings. The zero-order valence-corrected chi connectivity index (χ0v) is 13.5. The third-order valence-electron chi connectivity index (χ3n) is 2.80. The van der Waals surface area contributed by atoms with E-state index in [0.717, 1.165) is 16.3 Å². The summed E-state index contributed by atoms with van der Waals surface area (Å²) in [6.07, 6.45) is 0. The SMILES string of the molecule is CC(=O)/C(Sc1ccccc1)=C(/C)Nc1ccc(Cl)cc1. The van der Waals surface area contributed by atoms with Crippen LogP contribution >= 0.6 is 23.4 Å². The van der Waals surface area contributed by atoms with E-state index in [-0.39, 0.29) is 5.78 Å². The smallest absolute Gasteiger partial charge is 0.168 e. The number of anilines is 1. The number of hydrogen-bond donors (Lipinski definition) is 1. The van der Waals surface area contributed by atoms with Crippen molar-refractivity contribution in [1.82, 2.24) is 0 Å². The number of benzene rings is 2. The molecule has 4 heteroatoms. The number of ketones is 1. The zero-order chi connectivity index (χ0) is 15.2. The van der Waals surface area contributed by atoms with Gasteiger partial charge in [-0.2, -0.15) is 0 Å². The molecule has 1 N–H and O–H groups in total. The Balaban J connectivity index is 2.22. The molecule has 0 aliphatic carbocycles. The largest absolute Gasteiger partial charge is 0.358 e. The lowest BCUT2D eigenvalue weighted by Crippen LogP contribution is -2.04. The molecule has 21 heavy (non-hydrogen) atoms. The van der Waals surface area contributed by atoms with Gasteiger partial charge in [0, 0.05) is 21.3 Å². The van der Waals surface area contributed by atoms with Crippen LogP contribution in [0.15, 0.2) is 70.1 Å². The van der Waals surface area contributed by atoms with Crippen LogP contribution < -0.4 is 5.32 Å². The molecule has 0 amide bonds. The van der Waals surface area contributed by atoms with Crippen molar-refractivity contribution < 1.29 is 4.79 Å². The molecule has 0 heterocycles. The minimum Gasteiger partial charge on any atom is -0.358 e. The van der Waals surface area contributed by atoms with Gasteiger partial charge in [-0.1, -0.05) is 41.6 Å². The molecule has 0 aromatic heterocycles. The third-order valence-corrected chi connectivity index (χ3v) is 4.36. The lowest BCUT2D eigenvalue weighted by Gasteiger charge is -2.12. The lowest BCUT2D eigenvalue weighted by molar-refractivity contribution is -0.113. The summed E-state index contributed by atoms with van der Waals surface area (Å²) in [7, 11) is 0. The number of carbonyl (C=O) groups excluding carboxylic acids is 1. The second-order valence-corrected chi connectivity index (χ2v) is 6.08. The molecule has 0 saturated carbocycles. The van der Waals surface area contributed by atoms with E-state index >= 15 is 0 Å². The predicted molar refractivity (Wildman–Crippen MR) is 90.8 cm³/mol. The molecule has 0 unspecified atom stereocenters. The maximum absolute atomic E-state index is 11.9. The van der Waals surface area contributed by atoms with Gasteiger partial charge < -0.3 is 5.32 Å². The highest BCUT2D eigenvalue weighted by molar-refractivity contribution is 8.04. The molecule has 0 spiro atoms. The summed E-state index contributed by atoms with van der Waals surface area (Å²) in [6, 6.07) is 17.3. The minimum absolute atomic E-state index is 0.0443. The first-order chi connectivity index (χ1) is 10.1. The summed E-state index contributed by atoms with van der Waals surface area (Å²) in [5.41, 5.74) is 1.74. The van der Waals surface area contributed by atoms with Gasteiger partial charge in [0.15, 0.2) is 5.78 Å². The summed E-state index contributed by atoms with van der Waals surface area (Å²) in [6.45, 7) is 3.49. The van der Waals surface area contributed by atoms with Gasteiger partial charge in [-0.3, -0.25) is 4.79 Å². The fourth-order valence-corrected chi connectivity index (χ4v) is 2.83. The molecular weight excluding hydrogens is 302 g/mol. The Morgan fingerprint density at radius 1 is 1.00 bits per heavy atom. The van der Waals surface area contributed by atoms with Crippen molar-refractivity contribution in [3.05, 3.63) is 70.2 Å². The van der Waals surface area contributed by atoms with Crippen molar-refractivity contribution in [3.63, 3.8) is 0 Å². The van der Waals surface area contributed by atoms with Crippen LogP contribution in [0.1, 0.15) is 13.8 Å². The topological polar surface area (TPSA) is 29.1 Å². The highest BCUT2D eigenvalue weighted by Gasteiger charge is 2.11. The molecule has 108 valence electrons. The third kappa shape index (κ3) is 4.66. The molecule has 0 fully saturated rings. The molecule has 0 aliphatic heterocycles. The van der Waals surface area contributed by atoms with Gasteiger partial charge in [0.25, 0.3) is 0 Å². The average Bonchev–Trinajstić information content (AvgIpc) is 2.48. The van der Waals surface area contributed by atoms with Crippen LogP contribution in [0.3, 0.4) is 0 Å². The average molecular weight is 318 g/mol. The summed E-state index contributed by atoms with van der Waals surface area (Å²) >= 11 is 7.34. The number of Topliss-reactive ketones (excluding diaryl/α,β-unsaturated/α-hetero) is 1. The highest BCUT2D eigenvalue weighted by Crippen LogP contribution is 2.30. The second-order valence-electron chi connectivity index (χ2n) is 4.56. The Hall–Kier alpha value is -1.71. The van der Waals surface area contributed by atoms with Crippen LogP contribution in [0.2, 0.25) is 5.02 Å². The van der Waals surface area contributed by atoms with E-state index in [2.05, 4.69) is 5.32 Å². The number of hydrogen-bond acceptors (Lipinski definition) is 3. The van der Waals surface area contributed by atoms with E-state index < -0.39 is 0 Å². The van der Waals surface area contributed by atoms with Gasteiger partial charge in [0.1, 0.15) is 0 Å². The molecule has 0 radical (unpaired) electrons. The number of rotatable bonds is 5. The fourth-order valence-electron chi connectivity index (χ4n) is 1.83. The molecule has 0 saturated heterocycles. The van der Waals surface area contributed by atoms with Crippen LogP contribution in [0.5, 0.6) is 0 Å². The van der Waals surface area contributed by atoms with Crippen molar-refractivity contribution >= 4 is 34.8 Å². The van der Waals surface area contributed by atoms with Crippen LogP contribution in [0.25, 0.3) is 0 Å². The summed E-state index contributed by atoms with van der Waals surface area (Å²) in [4.78, 5) is 13.6. The van der Waals surface area contributed by atoms with E-state index in [9.17, 15) is 4.79 Å². The Labute approximate surface area is 134 Å². The fraction of sp³-hybridized carbons (Fsp3) is 0.118. The van der Waals surface area contributed by atoms with E-state index in [1.807, 2.05) is 61.5 Å². The standard InChI is InChI=1S/C17H16ClNOS/c1-12(19-15-10-8-14(18)9-11-15)17(13(2)20)21-16-6-4-3-5-7-16/h3-11,19H,1-2H3/b17-12+. The molecule has 0 aliphatic rings. The maximum Gasteiger partial charge on any atom is 0.168 e. The zero-order valence-electron chi connectivity index (χ0n) is 11.9. The predicted octanol–water partition coefficient (Wildman–Crippen LogP) is 5.36. The summed E-state index contributed by atoms with van der Waals surface area (Å²) in [5.74, 6) is 0.0443. The van der Waals surface area contributed by atoms with E-state index in [1.165, 1.54) is 11.8 Å². The molecule has 2 rings (SSSR count). The van der Waals surface area contributed by atoms with Gasteiger partial charge in [-0.25, -0.2) is 0 Å². The number of allylic oxidation sites excluding steroid dienone is 2. The number of thioether (sulfide) groups is 1. The van der Waals surface area contributed by atoms with Crippen LogP contribution in [0.4, 0.5) is 5.69 Å². The molecule has 2 nitrogen and oxygen atoms in total. The molecule has 0 atom stereocenters. The number of carbonyl (C=O) groups is 1. The van der Waals surface area contributed by atoms with E-state index in [1.54, 1.807) is 6.92 Å². The summed E-state index contributed by atoms with van der Waals surface area (Å²) in [5, 5.41) is 3.94. The first-order valence-corrected chi connectivity index (χ1v) is 7.73. The minimum atomic E-state index is 0.0443. The quantitative estimate of drug-likeness (QED) is 0.594. The van der Waals surface area contributed by atoms with Crippen LogP contribution in [0, 0.1) is 0 Å². The monoisotopic (exact) mass is 317 g/mol. The van der Waals surface area contributed by atoms with Gasteiger partial charge >= 0.3 is 0 Å². The molecule has 0 bridgehead atoms. The van der Waals surface area contributed by atoms with Crippen molar-refractivity contribution in [3.8, 4) is 0 Å². The first-order valence-electron chi connectivity index (χ1n) is 6.53. The normalized spacial score (nSPS) is 11.8. The van der Waals surface area contributed by atoms with Crippen LogP contribution in [-0.2, 0) is 4.79 Å². The lowest BCUT2D eigenvalue weighted by atomic mass is 10.3. The Morgan fingerprint density at radius 3 is 2.19 bits per heavy atom. The van der Waals surface area contributed by atoms with Crippen molar-refractivity contribution in [2.75, 3.05) is 5.32 Å². The maximum atomic E-state index is 11.9. The first kappa shape index (κ1) is 15.7. The van der Waals surface area contributed by atoms with Gasteiger partial charge in [0.2, 0.25) is 0 Å². The van der Waals surface area contributed by atoms with Gasteiger partial charge in [-0.15, -0.1) is 0 Å². The Morgan fingerprint density at radius 2 is 1.62 bits per heavy atom. The van der Waals surface area contributed by atoms with Crippen molar-refractivity contribution in [1.29, 1.82) is 0 Å². The number of nitrogens with one attached hydrogen (secondary N) is 1. The highest BCUT2D eigenvalue weighted by atomic mass is 35.5. The van der Waals surface area contributed by atoms with Gasteiger partial charge in [-0.05, 0) is 50.2 Å². The second kappa shape index (κ2) is 7.34. The molecule has 2 aromatic carbocycles. The van der Waals surface area contributed by atoms with E-state index in [0.29, 0.717) is 9.93 Å². The Bertz CT molecular complexity index is 650. The number of halogens is 1.